The zero-order valence-electron chi connectivity index (χ0n) is 16.8. The molecule has 2 heterocycles. The van der Waals surface area contributed by atoms with Gasteiger partial charge in [0, 0.05) is 17.8 Å². The normalized spacial score (nSPS) is 15.6. The van der Waals surface area contributed by atoms with E-state index >= 15 is 0 Å². The van der Waals surface area contributed by atoms with E-state index in [1.807, 2.05) is 35.8 Å². The lowest BCUT2D eigenvalue weighted by molar-refractivity contribution is -0.384. The van der Waals surface area contributed by atoms with Crippen LogP contribution in [0.15, 0.2) is 59.8 Å². The number of benzene rings is 2. The van der Waals surface area contributed by atoms with Crippen molar-refractivity contribution in [3.8, 4) is 0 Å². The van der Waals surface area contributed by atoms with Crippen molar-refractivity contribution in [3.05, 3.63) is 75.5 Å². The molecule has 0 unspecified atom stereocenters. The molecule has 1 aliphatic heterocycles. The van der Waals surface area contributed by atoms with Gasteiger partial charge in [-0.25, -0.2) is 9.78 Å². The molecule has 154 valence electrons. The van der Waals surface area contributed by atoms with Crippen LogP contribution in [-0.2, 0) is 9.53 Å². The number of rotatable bonds is 6. The molecule has 4 rings (SSSR count). The zero-order valence-corrected chi connectivity index (χ0v) is 16.8. The summed E-state index contributed by atoms with van der Waals surface area (Å²) in [6.45, 7) is 4.02. The molecule has 0 spiro atoms. The number of anilines is 1. The van der Waals surface area contributed by atoms with E-state index in [1.54, 1.807) is 19.1 Å². The van der Waals surface area contributed by atoms with Gasteiger partial charge in [0.1, 0.15) is 0 Å². The van der Waals surface area contributed by atoms with Gasteiger partial charge >= 0.3 is 5.97 Å². The molecule has 1 aromatic heterocycles. The zero-order chi connectivity index (χ0) is 21.3. The fourth-order valence-corrected chi connectivity index (χ4v) is 3.91. The second kappa shape index (κ2) is 7.98. The molecule has 0 fully saturated rings. The number of imidazole rings is 1. The first-order chi connectivity index (χ1) is 14.5. The number of hydrogen-bond acceptors (Lipinski definition) is 6. The average Bonchev–Trinajstić information content (AvgIpc) is 3.11. The average molecular weight is 406 g/mol. The van der Waals surface area contributed by atoms with E-state index in [0.717, 1.165) is 23.2 Å². The Balaban J connectivity index is 2.01. The van der Waals surface area contributed by atoms with E-state index < -0.39 is 16.9 Å². The number of aromatic nitrogens is 2. The summed E-state index contributed by atoms with van der Waals surface area (Å²) in [4.78, 5) is 28.7. The summed E-state index contributed by atoms with van der Waals surface area (Å²) in [5.41, 5.74) is 3.39. The van der Waals surface area contributed by atoms with Gasteiger partial charge in [-0.3, -0.25) is 14.7 Å². The Morgan fingerprint density at radius 2 is 2.03 bits per heavy atom. The highest BCUT2D eigenvalue weighted by molar-refractivity contribution is 5.94. The fourth-order valence-electron chi connectivity index (χ4n) is 3.91. The Hall–Kier alpha value is -3.68. The number of nitrogens with zero attached hydrogens (tertiary/aromatic N) is 3. The van der Waals surface area contributed by atoms with Gasteiger partial charge in [-0.05, 0) is 31.0 Å². The molecule has 2 aromatic carbocycles. The Morgan fingerprint density at radius 1 is 1.23 bits per heavy atom. The van der Waals surface area contributed by atoms with E-state index in [4.69, 9.17) is 9.72 Å². The minimum absolute atomic E-state index is 0.0303. The lowest BCUT2D eigenvalue weighted by Gasteiger charge is -2.31. The van der Waals surface area contributed by atoms with E-state index in [-0.39, 0.29) is 12.3 Å². The fraction of sp³-hybridized carbons (Fsp3) is 0.273. The molecule has 0 saturated heterocycles. The van der Waals surface area contributed by atoms with Crippen molar-refractivity contribution in [2.45, 2.75) is 32.7 Å². The van der Waals surface area contributed by atoms with Crippen LogP contribution in [-0.4, -0.2) is 27.1 Å². The summed E-state index contributed by atoms with van der Waals surface area (Å²) >= 11 is 0. The van der Waals surface area contributed by atoms with Crippen molar-refractivity contribution < 1.29 is 14.5 Å². The van der Waals surface area contributed by atoms with Crippen molar-refractivity contribution in [2.24, 2.45) is 0 Å². The highest BCUT2D eigenvalue weighted by Gasteiger charge is 2.36. The van der Waals surface area contributed by atoms with Crippen LogP contribution >= 0.6 is 0 Å². The third-order valence-electron chi connectivity index (χ3n) is 5.11. The van der Waals surface area contributed by atoms with Crippen molar-refractivity contribution in [1.29, 1.82) is 0 Å². The van der Waals surface area contributed by atoms with E-state index in [0.29, 0.717) is 23.5 Å². The third-order valence-corrected chi connectivity index (χ3v) is 5.11. The van der Waals surface area contributed by atoms with Gasteiger partial charge in [0.2, 0.25) is 5.95 Å². The molecule has 1 atom stereocenters. The standard InChI is InChI=1S/C22H22N4O4/c1-3-8-17-19(21(27)30-4-2)20(14-9-7-10-15(13-14)26(28)29)25-18-12-6-5-11-16(18)23-22(25)24-17/h5-7,9-13,20H,3-4,8H2,1-2H3,(H,23,24)/t20-/m1/s1. The number of non-ortho nitro benzene ring substituents is 1. The monoisotopic (exact) mass is 406 g/mol. The summed E-state index contributed by atoms with van der Waals surface area (Å²) < 4.78 is 7.30. The van der Waals surface area contributed by atoms with Crippen molar-refractivity contribution in [2.75, 3.05) is 11.9 Å². The third kappa shape index (κ3) is 3.30. The number of nitro benzene ring substituents is 1. The van der Waals surface area contributed by atoms with Crippen molar-refractivity contribution in [3.63, 3.8) is 0 Å². The number of fused-ring (bicyclic) bond motifs is 3. The molecule has 0 radical (unpaired) electrons. The number of allylic oxidation sites excluding steroid dienone is 1. The van der Waals surface area contributed by atoms with Gasteiger partial charge in [0.15, 0.2) is 0 Å². The number of esters is 1. The first-order valence-corrected chi connectivity index (χ1v) is 9.93. The van der Waals surface area contributed by atoms with Gasteiger partial charge < -0.3 is 10.1 Å². The first kappa shape index (κ1) is 19.6. The van der Waals surface area contributed by atoms with Crippen molar-refractivity contribution in [1.82, 2.24) is 9.55 Å². The number of para-hydroxylation sites is 2. The molecule has 0 saturated carbocycles. The van der Waals surface area contributed by atoms with Crippen LogP contribution in [0.4, 0.5) is 11.6 Å². The summed E-state index contributed by atoms with van der Waals surface area (Å²) in [5, 5.41) is 14.7. The summed E-state index contributed by atoms with van der Waals surface area (Å²) in [7, 11) is 0. The van der Waals surface area contributed by atoms with Gasteiger partial charge in [-0.1, -0.05) is 37.6 Å². The lowest BCUT2D eigenvalue weighted by atomic mass is 9.93. The summed E-state index contributed by atoms with van der Waals surface area (Å²) in [5.74, 6) is 0.164. The van der Waals surface area contributed by atoms with E-state index in [2.05, 4.69) is 5.32 Å². The first-order valence-electron chi connectivity index (χ1n) is 9.93. The van der Waals surface area contributed by atoms with E-state index in [9.17, 15) is 14.9 Å². The number of nitro groups is 1. The molecule has 1 aliphatic rings. The maximum Gasteiger partial charge on any atom is 0.338 e. The molecule has 8 heteroatoms. The Kier molecular flexibility index (Phi) is 5.22. The molecule has 3 aromatic rings. The molecule has 0 bridgehead atoms. The van der Waals surface area contributed by atoms with Gasteiger partial charge in [0.05, 0.1) is 34.2 Å². The van der Waals surface area contributed by atoms with Crippen LogP contribution in [0.2, 0.25) is 0 Å². The molecule has 30 heavy (non-hydrogen) atoms. The number of nitrogens with one attached hydrogen (secondary N) is 1. The topological polar surface area (TPSA) is 99.3 Å². The number of carbonyl (C=O) groups excluding carboxylic acids is 1. The molecule has 8 nitrogen and oxygen atoms in total. The van der Waals surface area contributed by atoms with Crippen LogP contribution in [0.5, 0.6) is 0 Å². The SMILES string of the molecule is CCCC1=C(C(=O)OCC)[C@@H](c2cccc([N+](=O)[O-])c2)n2c(nc3ccccc32)N1. The second-order valence-electron chi connectivity index (χ2n) is 7.04. The van der Waals surface area contributed by atoms with Crippen LogP contribution in [0, 0.1) is 10.1 Å². The van der Waals surface area contributed by atoms with Crippen LogP contribution < -0.4 is 5.32 Å². The number of hydrogen-bond donors (Lipinski definition) is 1. The molecule has 1 N–H and O–H groups in total. The summed E-state index contributed by atoms with van der Waals surface area (Å²) in [6.07, 6.45) is 1.44. The maximum absolute atomic E-state index is 13.1. The number of ether oxygens (including phenoxy) is 1. The highest BCUT2D eigenvalue weighted by atomic mass is 16.6. The quantitative estimate of drug-likeness (QED) is 0.365. The highest BCUT2D eigenvalue weighted by Crippen LogP contribution is 2.41. The van der Waals surface area contributed by atoms with Gasteiger partial charge in [0.25, 0.3) is 5.69 Å². The minimum Gasteiger partial charge on any atom is -0.463 e. The van der Waals surface area contributed by atoms with Crippen LogP contribution in [0.25, 0.3) is 11.0 Å². The maximum atomic E-state index is 13.1. The predicted molar refractivity (Wildman–Crippen MR) is 113 cm³/mol. The largest absolute Gasteiger partial charge is 0.463 e. The lowest BCUT2D eigenvalue weighted by Crippen LogP contribution is -2.29. The molecular formula is C22H22N4O4. The summed E-state index contributed by atoms with van der Waals surface area (Å²) in [6, 6.07) is 13.4. The molecule has 0 amide bonds. The Labute approximate surface area is 173 Å². The number of carbonyl (C=O) groups is 1. The predicted octanol–water partition coefficient (Wildman–Crippen LogP) is 4.58. The molecule has 0 aliphatic carbocycles. The van der Waals surface area contributed by atoms with E-state index in [1.165, 1.54) is 12.1 Å². The van der Waals surface area contributed by atoms with Crippen molar-refractivity contribution >= 4 is 28.6 Å². The van der Waals surface area contributed by atoms with Crippen LogP contribution in [0.3, 0.4) is 0 Å². The van der Waals surface area contributed by atoms with Gasteiger partial charge in [-0.15, -0.1) is 0 Å². The Bertz CT molecular complexity index is 1160. The van der Waals surface area contributed by atoms with Gasteiger partial charge in [-0.2, -0.15) is 0 Å². The Morgan fingerprint density at radius 3 is 2.77 bits per heavy atom. The van der Waals surface area contributed by atoms with Crippen LogP contribution in [0.1, 0.15) is 38.3 Å². The minimum atomic E-state index is -0.589. The molecular weight excluding hydrogens is 384 g/mol. The second-order valence-corrected chi connectivity index (χ2v) is 7.04. The smallest absolute Gasteiger partial charge is 0.338 e.